The summed E-state index contributed by atoms with van der Waals surface area (Å²) in [6.45, 7) is 3.04. The molecule has 0 radical (unpaired) electrons. The molecule has 1 aliphatic rings. The highest BCUT2D eigenvalue weighted by Gasteiger charge is 2.26. The van der Waals surface area contributed by atoms with Crippen molar-refractivity contribution in [3.8, 4) is 0 Å². The van der Waals surface area contributed by atoms with E-state index >= 15 is 0 Å². The van der Waals surface area contributed by atoms with Crippen molar-refractivity contribution in [1.82, 2.24) is 9.21 Å². The highest BCUT2D eigenvalue weighted by Crippen LogP contribution is 2.13. The summed E-state index contributed by atoms with van der Waals surface area (Å²) in [7, 11) is -3.45. The Morgan fingerprint density at radius 1 is 1.03 bits per heavy atom. The van der Waals surface area contributed by atoms with E-state index in [0.717, 1.165) is 11.1 Å². The summed E-state index contributed by atoms with van der Waals surface area (Å²) < 4.78 is 32.1. The summed E-state index contributed by atoms with van der Waals surface area (Å²) in [5.74, 6) is 0. The third-order valence-electron chi connectivity index (χ3n) is 4.88. The quantitative estimate of drug-likeness (QED) is 0.636. The van der Waals surface area contributed by atoms with Gasteiger partial charge in [-0.25, -0.2) is 8.42 Å². The number of sulfonamides is 1. The fourth-order valence-corrected chi connectivity index (χ4v) is 4.53. The predicted octanol–water partition coefficient (Wildman–Crippen LogP) is 2.84. The molecule has 1 heterocycles. The number of hydrogen-bond donors (Lipinski definition) is 1. The number of piperazine rings is 1. The second-order valence-electron chi connectivity index (χ2n) is 7.25. The first-order chi connectivity index (χ1) is 14.4. The van der Waals surface area contributed by atoms with Gasteiger partial charge in [-0.2, -0.15) is 4.31 Å². The van der Waals surface area contributed by atoms with Gasteiger partial charge in [0.1, 0.15) is 0 Å². The molecule has 1 saturated heterocycles. The molecule has 0 spiro atoms. The average molecular weight is 451 g/mol. The molecular formula is C22H27ClN2O4S. The fourth-order valence-electron chi connectivity index (χ4n) is 3.23. The molecule has 1 N–H and O–H groups in total. The second-order valence-corrected chi connectivity index (χ2v) is 9.51. The zero-order valence-corrected chi connectivity index (χ0v) is 18.3. The molecule has 2 aromatic carbocycles. The van der Waals surface area contributed by atoms with E-state index in [2.05, 4.69) is 4.90 Å². The first-order valence-corrected chi connectivity index (χ1v) is 11.8. The molecule has 1 fully saturated rings. The van der Waals surface area contributed by atoms with Crippen molar-refractivity contribution in [1.29, 1.82) is 0 Å². The number of benzene rings is 2. The van der Waals surface area contributed by atoms with E-state index < -0.39 is 16.1 Å². The summed E-state index contributed by atoms with van der Waals surface area (Å²) in [6.07, 6.45) is 0.988. The highest BCUT2D eigenvalue weighted by atomic mass is 35.5. The van der Waals surface area contributed by atoms with Crippen molar-refractivity contribution in [2.75, 3.05) is 39.3 Å². The van der Waals surface area contributed by atoms with Crippen LogP contribution in [0.2, 0.25) is 5.02 Å². The second kappa shape index (κ2) is 11.0. The molecule has 2 aromatic rings. The molecule has 1 atom stereocenters. The molecule has 1 unspecified atom stereocenters. The molecule has 30 heavy (non-hydrogen) atoms. The maximum atomic E-state index is 12.5. The van der Waals surface area contributed by atoms with Gasteiger partial charge in [0, 0.05) is 43.2 Å². The number of aliphatic hydroxyl groups is 1. The molecule has 3 rings (SSSR count). The number of rotatable bonds is 9. The molecule has 0 saturated carbocycles. The Morgan fingerprint density at radius 2 is 1.70 bits per heavy atom. The lowest BCUT2D eigenvalue weighted by Gasteiger charge is -2.34. The molecule has 0 aliphatic carbocycles. The number of β-amino-alcohol motifs (C(OH)–C–C–N with tert-alkyl or cyclic N) is 1. The first-order valence-electron chi connectivity index (χ1n) is 9.88. The van der Waals surface area contributed by atoms with E-state index in [1.807, 2.05) is 42.5 Å². The SMILES string of the molecule is O=S(=O)(/C=C/c1ccccc1)N1CCN(CC(O)COCc2ccc(Cl)cc2)CC1. The summed E-state index contributed by atoms with van der Waals surface area (Å²) in [4.78, 5) is 2.06. The van der Waals surface area contributed by atoms with Crippen LogP contribution in [-0.2, 0) is 21.4 Å². The van der Waals surface area contributed by atoms with E-state index in [-0.39, 0.29) is 6.61 Å². The van der Waals surface area contributed by atoms with Gasteiger partial charge < -0.3 is 9.84 Å². The Labute approximate surface area is 183 Å². The van der Waals surface area contributed by atoms with Crippen LogP contribution in [0.5, 0.6) is 0 Å². The first kappa shape index (κ1) is 22.9. The zero-order chi connectivity index (χ0) is 21.4. The number of hydrogen-bond acceptors (Lipinski definition) is 5. The number of halogens is 1. The van der Waals surface area contributed by atoms with E-state index in [0.29, 0.717) is 44.4 Å². The summed E-state index contributed by atoms with van der Waals surface area (Å²) in [5.41, 5.74) is 1.84. The smallest absolute Gasteiger partial charge is 0.236 e. The lowest BCUT2D eigenvalue weighted by molar-refractivity contribution is 0.00543. The highest BCUT2D eigenvalue weighted by molar-refractivity contribution is 7.92. The maximum Gasteiger partial charge on any atom is 0.236 e. The molecule has 8 heteroatoms. The summed E-state index contributed by atoms with van der Waals surface area (Å²) in [5, 5.41) is 12.2. The van der Waals surface area contributed by atoms with Gasteiger partial charge in [0.15, 0.2) is 0 Å². The van der Waals surface area contributed by atoms with Crippen LogP contribution < -0.4 is 0 Å². The van der Waals surface area contributed by atoms with Crippen LogP contribution in [-0.4, -0.2) is 68.2 Å². The van der Waals surface area contributed by atoms with Crippen LogP contribution in [0.1, 0.15) is 11.1 Å². The van der Waals surface area contributed by atoms with E-state index in [1.165, 1.54) is 9.71 Å². The van der Waals surface area contributed by atoms with Crippen LogP contribution in [0.15, 0.2) is 60.0 Å². The Balaban J connectivity index is 1.39. The van der Waals surface area contributed by atoms with Gasteiger partial charge in [-0.1, -0.05) is 54.1 Å². The van der Waals surface area contributed by atoms with Gasteiger partial charge in [-0.15, -0.1) is 0 Å². The van der Waals surface area contributed by atoms with Crippen LogP contribution >= 0.6 is 11.6 Å². The van der Waals surface area contributed by atoms with Crippen molar-refractivity contribution >= 4 is 27.7 Å². The fraction of sp³-hybridized carbons (Fsp3) is 0.364. The van der Waals surface area contributed by atoms with Gasteiger partial charge in [0.2, 0.25) is 10.0 Å². The molecule has 162 valence electrons. The van der Waals surface area contributed by atoms with Gasteiger partial charge in [-0.05, 0) is 29.3 Å². The number of ether oxygens (including phenoxy) is 1. The Bertz CT molecular complexity index is 912. The molecular weight excluding hydrogens is 424 g/mol. The minimum absolute atomic E-state index is 0.223. The molecule has 0 aromatic heterocycles. The van der Waals surface area contributed by atoms with Crippen molar-refractivity contribution in [3.63, 3.8) is 0 Å². The van der Waals surface area contributed by atoms with Crippen molar-refractivity contribution in [2.24, 2.45) is 0 Å². The molecule has 0 amide bonds. The third-order valence-corrected chi connectivity index (χ3v) is 6.70. The van der Waals surface area contributed by atoms with Gasteiger partial charge >= 0.3 is 0 Å². The Kier molecular flexibility index (Phi) is 8.44. The minimum Gasteiger partial charge on any atom is -0.389 e. The lowest BCUT2D eigenvalue weighted by Crippen LogP contribution is -2.50. The zero-order valence-electron chi connectivity index (χ0n) is 16.7. The average Bonchev–Trinajstić information content (AvgIpc) is 2.75. The van der Waals surface area contributed by atoms with Crippen molar-refractivity contribution < 1.29 is 18.3 Å². The largest absolute Gasteiger partial charge is 0.389 e. The van der Waals surface area contributed by atoms with E-state index in [9.17, 15) is 13.5 Å². The van der Waals surface area contributed by atoms with Crippen LogP contribution in [0.4, 0.5) is 0 Å². The normalized spacial score (nSPS) is 17.4. The standard InChI is InChI=1S/C22H27ClN2O4S/c23-21-8-6-20(7-9-21)17-29-18-22(26)16-24-11-13-25(14-12-24)30(27,28)15-10-19-4-2-1-3-5-19/h1-10,15,22,26H,11-14,16-18H2/b15-10+. The monoisotopic (exact) mass is 450 g/mol. The summed E-state index contributed by atoms with van der Waals surface area (Å²) in [6, 6.07) is 16.7. The third kappa shape index (κ3) is 7.19. The van der Waals surface area contributed by atoms with Gasteiger partial charge in [-0.3, -0.25) is 4.90 Å². The summed E-state index contributed by atoms with van der Waals surface area (Å²) >= 11 is 5.86. The maximum absolute atomic E-state index is 12.5. The molecule has 6 nitrogen and oxygen atoms in total. The van der Waals surface area contributed by atoms with Crippen molar-refractivity contribution in [2.45, 2.75) is 12.7 Å². The number of aliphatic hydroxyl groups excluding tert-OH is 1. The topological polar surface area (TPSA) is 70.1 Å². The van der Waals surface area contributed by atoms with E-state index in [1.54, 1.807) is 18.2 Å². The van der Waals surface area contributed by atoms with Crippen LogP contribution in [0, 0.1) is 0 Å². The van der Waals surface area contributed by atoms with Crippen LogP contribution in [0.25, 0.3) is 6.08 Å². The predicted molar refractivity (Wildman–Crippen MR) is 120 cm³/mol. The van der Waals surface area contributed by atoms with Crippen LogP contribution in [0.3, 0.4) is 0 Å². The Hall–Kier alpha value is -1.74. The van der Waals surface area contributed by atoms with Gasteiger partial charge in [0.05, 0.1) is 19.3 Å². The minimum atomic E-state index is -3.45. The molecule has 0 bridgehead atoms. The van der Waals surface area contributed by atoms with Gasteiger partial charge in [0.25, 0.3) is 0 Å². The lowest BCUT2D eigenvalue weighted by atomic mass is 10.2. The Morgan fingerprint density at radius 3 is 2.37 bits per heavy atom. The molecule has 1 aliphatic heterocycles. The van der Waals surface area contributed by atoms with E-state index in [4.69, 9.17) is 16.3 Å². The van der Waals surface area contributed by atoms with Crippen molar-refractivity contribution in [3.05, 3.63) is 76.2 Å². The number of nitrogens with zero attached hydrogens (tertiary/aromatic N) is 2.